The van der Waals surface area contributed by atoms with Crippen molar-refractivity contribution in [1.29, 1.82) is 0 Å². The summed E-state index contributed by atoms with van der Waals surface area (Å²) in [5.41, 5.74) is -1.83. The Bertz CT molecular complexity index is 502. The summed E-state index contributed by atoms with van der Waals surface area (Å²) in [5.74, 6) is -0.700. The molecule has 0 spiro atoms. The van der Waals surface area contributed by atoms with Gasteiger partial charge in [-0.3, -0.25) is 0 Å². The number of ether oxygens (including phenoxy) is 1. The van der Waals surface area contributed by atoms with Crippen LogP contribution in [0, 0.1) is 0 Å². The number of hydrogen-bond donors (Lipinski definition) is 0. The first-order chi connectivity index (χ1) is 9.49. The van der Waals surface area contributed by atoms with Gasteiger partial charge in [0.1, 0.15) is 0 Å². The Balaban J connectivity index is 2.23. The third-order valence-corrected chi connectivity index (χ3v) is 4.26. The predicted octanol–water partition coefficient (Wildman–Crippen LogP) is 4.41. The lowest BCUT2D eigenvalue weighted by atomic mass is 9.97. The lowest BCUT2D eigenvalue weighted by Crippen LogP contribution is -2.45. The highest BCUT2D eigenvalue weighted by Gasteiger charge is 2.57. The van der Waals surface area contributed by atoms with Gasteiger partial charge in [-0.05, 0) is 42.8 Å². The van der Waals surface area contributed by atoms with E-state index in [4.69, 9.17) is 4.74 Å². The summed E-state index contributed by atoms with van der Waals surface area (Å²) >= 11 is 0.433. The minimum Gasteiger partial charge on any atom is -0.444 e. The van der Waals surface area contributed by atoms with Gasteiger partial charge in [-0.2, -0.15) is 8.78 Å². The molecule has 0 saturated carbocycles. The maximum Gasteiger partial charge on any atom is 0.340 e. The highest BCUT2D eigenvalue weighted by molar-refractivity contribution is 8.00. The van der Waals surface area contributed by atoms with E-state index in [-0.39, 0.29) is 6.42 Å². The molecule has 108 valence electrons. The Morgan fingerprint density at radius 2 is 2.00 bits per heavy atom. The van der Waals surface area contributed by atoms with E-state index in [9.17, 15) is 13.6 Å². The van der Waals surface area contributed by atoms with E-state index in [2.05, 4.69) is 0 Å². The van der Waals surface area contributed by atoms with E-state index in [0.29, 0.717) is 23.1 Å². The van der Waals surface area contributed by atoms with Crippen LogP contribution >= 0.6 is 11.8 Å². The molecule has 1 aliphatic heterocycles. The molecule has 0 radical (unpaired) electrons. The van der Waals surface area contributed by atoms with E-state index in [1.54, 1.807) is 30.3 Å². The van der Waals surface area contributed by atoms with Crippen molar-refractivity contribution in [2.45, 2.75) is 41.9 Å². The summed E-state index contributed by atoms with van der Waals surface area (Å²) in [7, 11) is 0. The van der Waals surface area contributed by atoms with Gasteiger partial charge in [-0.25, -0.2) is 4.79 Å². The number of alkyl halides is 2. The zero-order valence-electron chi connectivity index (χ0n) is 11.1. The SMILES string of the molecule is CCCCC1(C(F)(F)Sc2ccccc2)C=CC(=O)O1. The van der Waals surface area contributed by atoms with Crippen molar-refractivity contribution in [3.63, 3.8) is 0 Å². The topological polar surface area (TPSA) is 26.3 Å². The van der Waals surface area contributed by atoms with Gasteiger partial charge in [0.05, 0.1) is 0 Å². The number of rotatable bonds is 6. The Hall–Kier alpha value is -1.36. The number of carbonyl (C=O) groups excluding carboxylic acids is 1. The molecule has 0 aromatic heterocycles. The Labute approximate surface area is 121 Å². The van der Waals surface area contributed by atoms with Gasteiger partial charge >= 0.3 is 11.2 Å². The van der Waals surface area contributed by atoms with Crippen LogP contribution in [0.4, 0.5) is 8.78 Å². The van der Waals surface area contributed by atoms with Crippen LogP contribution in [0.25, 0.3) is 0 Å². The molecular weight excluding hydrogens is 282 g/mol. The molecule has 0 N–H and O–H groups in total. The molecule has 1 aromatic rings. The van der Waals surface area contributed by atoms with Crippen molar-refractivity contribution < 1.29 is 18.3 Å². The van der Waals surface area contributed by atoms with Crippen LogP contribution in [-0.4, -0.2) is 16.8 Å². The number of carbonyl (C=O) groups is 1. The fourth-order valence-electron chi connectivity index (χ4n) is 2.05. The van der Waals surface area contributed by atoms with E-state index in [1.807, 2.05) is 6.92 Å². The summed E-state index contributed by atoms with van der Waals surface area (Å²) in [5, 5.41) is -3.20. The summed E-state index contributed by atoms with van der Waals surface area (Å²) in [6, 6.07) is 8.41. The first-order valence-corrected chi connectivity index (χ1v) is 7.35. The first-order valence-electron chi connectivity index (χ1n) is 6.53. The van der Waals surface area contributed by atoms with Gasteiger partial charge in [0.15, 0.2) is 0 Å². The summed E-state index contributed by atoms with van der Waals surface area (Å²) < 4.78 is 34.2. The highest BCUT2D eigenvalue weighted by Crippen LogP contribution is 2.50. The Morgan fingerprint density at radius 3 is 2.55 bits per heavy atom. The third-order valence-electron chi connectivity index (χ3n) is 3.15. The van der Waals surface area contributed by atoms with Gasteiger partial charge in [0, 0.05) is 11.0 Å². The largest absolute Gasteiger partial charge is 0.444 e. The van der Waals surface area contributed by atoms with Gasteiger partial charge in [-0.1, -0.05) is 31.5 Å². The molecule has 1 heterocycles. The zero-order valence-corrected chi connectivity index (χ0v) is 12.0. The second-order valence-electron chi connectivity index (χ2n) is 4.68. The molecule has 0 aliphatic carbocycles. The molecule has 1 aromatic carbocycles. The number of cyclic esters (lactones) is 1. The standard InChI is InChI=1S/C15H16F2O2S/c1-2-3-10-14(11-9-13(18)19-14)15(16,17)20-12-7-5-4-6-8-12/h4-9,11H,2-3,10H2,1H3. The fraction of sp³-hybridized carbons (Fsp3) is 0.400. The highest BCUT2D eigenvalue weighted by atomic mass is 32.2. The molecule has 0 saturated heterocycles. The van der Waals surface area contributed by atoms with Gasteiger partial charge < -0.3 is 4.74 Å². The number of esters is 1. The minimum absolute atomic E-state index is 0.124. The molecule has 2 nitrogen and oxygen atoms in total. The molecule has 1 aliphatic rings. The number of thioether (sulfide) groups is 1. The molecule has 0 bridgehead atoms. The summed E-state index contributed by atoms with van der Waals surface area (Å²) in [4.78, 5) is 11.7. The van der Waals surface area contributed by atoms with Crippen LogP contribution in [0.2, 0.25) is 0 Å². The quantitative estimate of drug-likeness (QED) is 0.574. The lowest BCUT2D eigenvalue weighted by molar-refractivity contribution is -0.165. The minimum atomic E-state index is -3.20. The normalized spacial score (nSPS) is 22.1. The fourth-order valence-corrected chi connectivity index (χ4v) is 3.02. The average molecular weight is 298 g/mol. The third kappa shape index (κ3) is 3.03. The first kappa shape index (κ1) is 15.0. The van der Waals surface area contributed by atoms with Crippen molar-refractivity contribution >= 4 is 17.7 Å². The maximum atomic E-state index is 14.6. The molecule has 0 amide bonds. The van der Waals surface area contributed by atoms with Gasteiger partial charge in [0.2, 0.25) is 5.60 Å². The van der Waals surface area contributed by atoms with Crippen LogP contribution in [0.5, 0.6) is 0 Å². The van der Waals surface area contributed by atoms with E-state index in [1.165, 1.54) is 6.08 Å². The van der Waals surface area contributed by atoms with Crippen molar-refractivity contribution in [2.75, 3.05) is 0 Å². The van der Waals surface area contributed by atoms with Crippen molar-refractivity contribution in [1.82, 2.24) is 0 Å². The molecule has 5 heteroatoms. The molecule has 20 heavy (non-hydrogen) atoms. The second kappa shape index (κ2) is 5.95. The number of unbranched alkanes of at least 4 members (excludes halogenated alkanes) is 1. The lowest BCUT2D eigenvalue weighted by Gasteiger charge is -2.34. The molecule has 1 unspecified atom stereocenters. The van der Waals surface area contributed by atoms with Crippen molar-refractivity contribution in [3.8, 4) is 0 Å². The average Bonchev–Trinajstić information content (AvgIpc) is 2.80. The predicted molar refractivity (Wildman–Crippen MR) is 74.7 cm³/mol. The van der Waals surface area contributed by atoms with Crippen LogP contribution in [0.1, 0.15) is 26.2 Å². The van der Waals surface area contributed by atoms with Gasteiger partial charge in [-0.15, -0.1) is 0 Å². The van der Waals surface area contributed by atoms with Crippen LogP contribution < -0.4 is 0 Å². The van der Waals surface area contributed by atoms with E-state index in [0.717, 1.165) is 12.5 Å². The number of halogens is 2. The van der Waals surface area contributed by atoms with Crippen LogP contribution in [0.3, 0.4) is 0 Å². The van der Waals surface area contributed by atoms with Crippen molar-refractivity contribution in [2.24, 2.45) is 0 Å². The maximum absolute atomic E-state index is 14.6. The van der Waals surface area contributed by atoms with Crippen LogP contribution in [0.15, 0.2) is 47.4 Å². The number of benzene rings is 1. The molecule has 1 atom stereocenters. The Morgan fingerprint density at radius 1 is 1.30 bits per heavy atom. The van der Waals surface area contributed by atoms with Crippen molar-refractivity contribution in [3.05, 3.63) is 42.5 Å². The number of hydrogen-bond acceptors (Lipinski definition) is 3. The van der Waals surface area contributed by atoms with E-state index < -0.39 is 16.8 Å². The van der Waals surface area contributed by atoms with E-state index >= 15 is 0 Å². The monoisotopic (exact) mass is 298 g/mol. The van der Waals surface area contributed by atoms with Gasteiger partial charge in [0.25, 0.3) is 0 Å². The van der Waals surface area contributed by atoms with Crippen LogP contribution in [-0.2, 0) is 9.53 Å². The zero-order chi connectivity index (χ0) is 14.6. The second-order valence-corrected chi connectivity index (χ2v) is 5.87. The Kier molecular flexibility index (Phi) is 4.48. The molecule has 0 fully saturated rings. The smallest absolute Gasteiger partial charge is 0.340 e. The molecule has 2 rings (SSSR count). The summed E-state index contributed by atoms with van der Waals surface area (Å²) in [6.07, 6.45) is 3.76. The molecular formula is C15H16F2O2S. The summed E-state index contributed by atoms with van der Waals surface area (Å²) in [6.45, 7) is 1.91.